The first-order valence-electron chi connectivity index (χ1n) is 6.83. The second-order valence-electron chi connectivity index (χ2n) is 4.75. The minimum absolute atomic E-state index is 0.0577. The number of non-ortho nitro benzene ring substituents is 1. The van der Waals surface area contributed by atoms with Crippen LogP contribution in [0, 0.1) is 10.1 Å². The van der Waals surface area contributed by atoms with Crippen molar-refractivity contribution in [3.63, 3.8) is 0 Å². The molecule has 2 heterocycles. The van der Waals surface area contributed by atoms with E-state index in [1.165, 1.54) is 17.8 Å². The zero-order valence-corrected chi connectivity index (χ0v) is 12.8. The number of benzene rings is 1. The summed E-state index contributed by atoms with van der Waals surface area (Å²) in [5, 5.41) is 12.0. The van der Waals surface area contributed by atoms with Crippen LogP contribution in [0.25, 0.3) is 0 Å². The van der Waals surface area contributed by atoms with E-state index in [-0.39, 0.29) is 12.5 Å². The van der Waals surface area contributed by atoms with Crippen LogP contribution in [0.2, 0.25) is 0 Å². The summed E-state index contributed by atoms with van der Waals surface area (Å²) in [6.07, 6.45) is 3.66. The third-order valence-corrected chi connectivity index (χ3v) is 4.41. The summed E-state index contributed by atoms with van der Waals surface area (Å²) in [4.78, 5) is 15.0. The first kappa shape index (κ1) is 14.9. The highest BCUT2D eigenvalue weighted by Crippen LogP contribution is 2.35. The molecule has 0 aliphatic carbocycles. The summed E-state index contributed by atoms with van der Waals surface area (Å²) < 4.78 is 12.8. The topological polar surface area (TPSA) is 79.4 Å². The van der Waals surface area contributed by atoms with Gasteiger partial charge in [0.15, 0.2) is 11.9 Å². The van der Waals surface area contributed by atoms with Gasteiger partial charge in [0.2, 0.25) is 0 Å². The lowest BCUT2D eigenvalue weighted by Crippen LogP contribution is -2.13. The van der Waals surface area contributed by atoms with Crippen LogP contribution in [-0.4, -0.2) is 21.3 Å². The van der Waals surface area contributed by atoms with Gasteiger partial charge in [-0.25, -0.2) is 4.98 Å². The van der Waals surface area contributed by atoms with Gasteiger partial charge in [-0.15, -0.1) is 0 Å². The smallest absolute Gasteiger partial charge is 0.270 e. The van der Waals surface area contributed by atoms with Crippen molar-refractivity contribution in [2.75, 3.05) is 6.79 Å². The number of hydrogen-bond donors (Lipinski definition) is 0. The first-order valence-corrected chi connectivity index (χ1v) is 7.82. The van der Waals surface area contributed by atoms with Crippen LogP contribution in [-0.2, 0) is 23.6 Å². The lowest BCUT2D eigenvalue weighted by molar-refractivity contribution is -0.385. The molecular weight excluding hydrogens is 306 g/mol. The number of nitro groups is 1. The largest absolute Gasteiger partial charge is 0.467 e. The highest BCUT2D eigenvalue weighted by atomic mass is 32.2. The third-order valence-electron chi connectivity index (χ3n) is 3.36. The van der Waals surface area contributed by atoms with E-state index in [0.717, 1.165) is 22.8 Å². The maximum Gasteiger partial charge on any atom is 0.270 e. The molecule has 1 aromatic carbocycles. The van der Waals surface area contributed by atoms with Crippen LogP contribution in [0.4, 0.5) is 5.69 Å². The minimum Gasteiger partial charge on any atom is -0.467 e. The van der Waals surface area contributed by atoms with Crippen molar-refractivity contribution in [2.24, 2.45) is 0 Å². The van der Waals surface area contributed by atoms with Gasteiger partial charge >= 0.3 is 0 Å². The molecule has 0 amide bonds. The van der Waals surface area contributed by atoms with Gasteiger partial charge in [-0.3, -0.25) is 10.1 Å². The van der Waals surface area contributed by atoms with Gasteiger partial charge in [0.25, 0.3) is 5.69 Å². The summed E-state index contributed by atoms with van der Waals surface area (Å²) in [6.45, 7) is 3.38. The normalized spacial score (nSPS) is 13.5. The van der Waals surface area contributed by atoms with E-state index < -0.39 is 4.92 Å². The molecule has 0 saturated heterocycles. The number of imidazole rings is 1. The van der Waals surface area contributed by atoms with Crippen molar-refractivity contribution >= 4 is 17.4 Å². The van der Waals surface area contributed by atoms with Gasteiger partial charge in [0.1, 0.15) is 5.75 Å². The number of hydrogen-bond acceptors (Lipinski definition) is 6. The Morgan fingerprint density at radius 3 is 3.14 bits per heavy atom. The Labute approximate surface area is 131 Å². The van der Waals surface area contributed by atoms with Gasteiger partial charge in [0.05, 0.1) is 11.5 Å². The van der Waals surface area contributed by atoms with Crippen molar-refractivity contribution in [3.8, 4) is 5.75 Å². The summed E-state index contributed by atoms with van der Waals surface area (Å²) in [7, 11) is 0. The van der Waals surface area contributed by atoms with E-state index in [2.05, 4.69) is 4.98 Å². The molecule has 3 rings (SSSR count). The maximum atomic E-state index is 11.1. The molecule has 1 aliphatic heterocycles. The van der Waals surface area contributed by atoms with Crippen LogP contribution in [0.1, 0.15) is 18.1 Å². The monoisotopic (exact) mass is 321 g/mol. The molecule has 0 saturated carbocycles. The quantitative estimate of drug-likeness (QED) is 0.478. The van der Waals surface area contributed by atoms with Crippen LogP contribution in [0.3, 0.4) is 0 Å². The number of fused-ring (bicyclic) bond motifs is 1. The molecule has 0 spiro atoms. The second kappa shape index (κ2) is 6.37. The average molecular weight is 321 g/mol. The van der Waals surface area contributed by atoms with E-state index >= 15 is 0 Å². The van der Waals surface area contributed by atoms with Crippen LogP contribution >= 0.6 is 11.8 Å². The molecule has 1 aromatic heterocycles. The maximum absolute atomic E-state index is 11.1. The fourth-order valence-electron chi connectivity index (χ4n) is 2.31. The molecular formula is C14H15N3O4S. The van der Waals surface area contributed by atoms with Crippen LogP contribution < -0.4 is 4.74 Å². The lowest BCUT2D eigenvalue weighted by atomic mass is 10.1. The summed E-state index contributed by atoms with van der Waals surface area (Å²) in [5.41, 5.74) is 1.57. The van der Waals surface area contributed by atoms with E-state index in [1.807, 2.05) is 17.7 Å². The van der Waals surface area contributed by atoms with Gasteiger partial charge in [-0.2, -0.15) is 0 Å². The van der Waals surface area contributed by atoms with Crippen molar-refractivity contribution in [2.45, 2.75) is 31.0 Å². The predicted octanol–water partition coefficient (Wildman–Crippen LogP) is 2.97. The Balaban J connectivity index is 1.88. The molecule has 1 aliphatic rings. The number of ether oxygens (including phenoxy) is 2. The number of rotatable bonds is 5. The van der Waals surface area contributed by atoms with Crippen molar-refractivity contribution in [1.29, 1.82) is 0 Å². The van der Waals surface area contributed by atoms with E-state index in [9.17, 15) is 10.1 Å². The molecule has 116 valence electrons. The number of thioether (sulfide) groups is 1. The first-order chi connectivity index (χ1) is 10.7. The number of aryl methyl sites for hydroxylation is 1. The summed E-state index contributed by atoms with van der Waals surface area (Å²) in [5.74, 6) is 1.25. The van der Waals surface area contributed by atoms with Gasteiger partial charge in [-0.05, 0) is 6.92 Å². The van der Waals surface area contributed by atoms with E-state index in [1.54, 1.807) is 12.3 Å². The molecule has 0 fully saturated rings. The van der Waals surface area contributed by atoms with Crippen LogP contribution in [0.5, 0.6) is 5.75 Å². The molecule has 0 N–H and O–H groups in total. The molecule has 2 aromatic rings. The number of nitro benzene ring substituents is 1. The van der Waals surface area contributed by atoms with Crippen LogP contribution in [0.15, 0.2) is 29.7 Å². The molecule has 22 heavy (non-hydrogen) atoms. The zero-order valence-electron chi connectivity index (χ0n) is 12.0. The Bertz CT molecular complexity index is 701. The highest BCUT2D eigenvalue weighted by molar-refractivity contribution is 7.98. The summed E-state index contributed by atoms with van der Waals surface area (Å²) in [6, 6.07) is 3.08. The standard InChI is InChI=1S/C14H15N3O4S/c1-2-16-4-3-15-14(16)22-8-11-6-12(17(18)19)5-10-7-20-9-21-13(10)11/h3-6H,2,7-9H2,1H3. The second-order valence-corrected chi connectivity index (χ2v) is 5.69. The fourth-order valence-corrected chi connectivity index (χ4v) is 3.30. The third kappa shape index (κ3) is 2.93. The molecule has 8 heteroatoms. The van der Waals surface area contributed by atoms with Crippen molar-refractivity contribution < 1.29 is 14.4 Å². The molecule has 7 nitrogen and oxygen atoms in total. The predicted molar refractivity (Wildman–Crippen MR) is 80.8 cm³/mol. The fraction of sp³-hybridized carbons (Fsp3) is 0.357. The van der Waals surface area contributed by atoms with Gasteiger partial charge < -0.3 is 14.0 Å². The highest BCUT2D eigenvalue weighted by Gasteiger charge is 2.21. The molecule has 0 unspecified atom stereocenters. The Morgan fingerprint density at radius 1 is 1.50 bits per heavy atom. The van der Waals surface area contributed by atoms with Crippen molar-refractivity contribution in [1.82, 2.24) is 9.55 Å². The Kier molecular flexibility index (Phi) is 4.30. The summed E-state index contributed by atoms with van der Waals surface area (Å²) >= 11 is 1.53. The zero-order chi connectivity index (χ0) is 15.5. The number of nitrogens with zero attached hydrogens (tertiary/aromatic N) is 3. The van der Waals surface area contributed by atoms with Gasteiger partial charge in [0, 0.05) is 48.0 Å². The molecule has 0 atom stereocenters. The Hall–Kier alpha value is -2.06. The Morgan fingerprint density at radius 2 is 2.36 bits per heavy atom. The minimum atomic E-state index is -0.393. The molecule has 0 radical (unpaired) electrons. The lowest BCUT2D eigenvalue weighted by Gasteiger charge is -2.20. The SMILES string of the molecule is CCn1ccnc1SCc1cc([N+](=O)[O-])cc2c1OCOC2. The average Bonchev–Trinajstić information content (AvgIpc) is 2.99. The van der Waals surface area contributed by atoms with E-state index in [0.29, 0.717) is 18.1 Å². The van der Waals surface area contributed by atoms with Gasteiger partial charge in [-0.1, -0.05) is 11.8 Å². The molecule has 0 bridgehead atoms. The number of aromatic nitrogens is 2. The van der Waals surface area contributed by atoms with E-state index in [4.69, 9.17) is 9.47 Å². The van der Waals surface area contributed by atoms with Crippen molar-refractivity contribution in [3.05, 3.63) is 45.8 Å².